The number of aliphatic hydroxyl groups excluding tert-OH is 1. The van der Waals surface area contributed by atoms with Crippen molar-refractivity contribution >= 4 is 23.3 Å². The van der Waals surface area contributed by atoms with Gasteiger partial charge in [-0.1, -0.05) is 60.7 Å². The first-order chi connectivity index (χ1) is 15.1. The fourth-order valence-corrected chi connectivity index (χ4v) is 2.83. The van der Waals surface area contributed by atoms with Gasteiger partial charge in [-0.05, 0) is 36.8 Å². The lowest BCUT2D eigenvalue weighted by Crippen LogP contribution is -2.32. The van der Waals surface area contributed by atoms with Gasteiger partial charge in [-0.15, -0.1) is 5.10 Å². The number of carbonyl (C=O) groups is 1. The topological polar surface area (TPSA) is 95.3 Å². The van der Waals surface area contributed by atoms with Crippen molar-refractivity contribution in [1.82, 2.24) is 5.32 Å². The summed E-state index contributed by atoms with van der Waals surface area (Å²) < 4.78 is 5.10. The minimum atomic E-state index is -0.965. The van der Waals surface area contributed by atoms with E-state index >= 15 is 0 Å². The Labute approximate surface area is 181 Å². The Morgan fingerprint density at radius 1 is 0.903 bits per heavy atom. The molecule has 0 saturated carbocycles. The minimum absolute atomic E-state index is 0.278. The summed E-state index contributed by atoms with van der Waals surface area (Å²) in [6.07, 6.45) is -0.965. The van der Waals surface area contributed by atoms with Gasteiger partial charge in [0, 0.05) is 11.3 Å². The SMILES string of the molecule is COc1ccc(NC(=O)N/C(C)=N/N=C(\c2ccccc2)C(O)c2ccccc2)cc1. The van der Waals surface area contributed by atoms with Crippen molar-refractivity contribution in [1.29, 1.82) is 0 Å². The molecule has 1 unspecified atom stereocenters. The van der Waals surface area contributed by atoms with Crippen molar-refractivity contribution in [2.24, 2.45) is 10.2 Å². The van der Waals surface area contributed by atoms with Crippen molar-refractivity contribution in [2.75, 3.05) is 12.4 Å². The molecular formula is C24H24N4O3. The van der Waals surface area contributed by atoms with E-state index in [1.165, 1.54) is 0 Å². The molecule has 1 atom stereocenters. The van der Waals surface area contributed by atoms with Gasteiger partial charge in [-0.3, -0.25) is 5.32 Å². The van der Waals surface area contributed by atoms with E-state index in [2.05, 4.69) is 20.8 Å². The quantitative estimate of drug-likeness (QED) is 0.316. The van der Waals surface area contributed by atoms with Gasteiger partial charge in [0.15, 0.2) is 0 Å². The summed E-state index contributed by atoms with van der Waals surface area (Å²) in [6.45, 7) is 1.62. The van der Waals surface area contributed by atoms with Crippen LogP contribution in [0.25, 0.3) is 0 Å². The molecule has 0 aliphatic heterocycles. The third kappa shape index (κ3) is 6.25. The van der Waals surface area contributed by atoms with Crippen LogP contribution in [0.4, 0.5) is 10.5 Å². The summed E-state index contributed by atoms with van der Waals surface area (Å²) in [7, 11) is 1.58. The van der Waals surface area contributed by atoms with Crippen molar-refractivity contribution in [3.63, 3.8) is 0 Å². The fourth-order valence-electron chi connectivity index (χ4n) is 2.83. The Balaban J connectivity index is 1.75. The molecule has 0 spiro atoms. The van der Waals surface area contributed by atoms with E-state index in [1.54, 1.807) is 38.3 Å². The predicted octanol–water partition coefficient (Wildman–Crippen LogP) is 4.37. The molecule has 0 aliphatic carbocycles. The van der Waals surface area contributed by atoms with Crippen LogP contribution in [0.3, 0.4) is 0 Å². The maximum absolute atomic E-state index is 12.2. The molecule has 7 heteroatoms. The van der Waals surface area contributed by atoms with Gasteiger partial charge in [0.05, 0.1) is 7.11 Å². The number of benzene rings is 3. The molecule has 0 saturated heterocycles. The molecule has 0 aliphatic rings. The van der Waals surface area contributed by atoms with Crippen LogP contribution in [-0.4, -0.2) is 29.8 Å². The summed E-state index contributed by atoms with van der Waals surface area (Å²) in [5.41, 5.74) is 2.42. The zero-order valence-electron chi connectivity index (χ0n) is 17.3. The number of urea groups is 1. The first-order valence-corrected chi connectivity index (χ1v) is 9.69. The number of hydrogen-bond donors (Lipinski definition) is 3. The molecule has 0 aromatic heterocycles. The van der Waals surface area contributed by atoms with Crippen LogP contribution in [-0.2, 0) is 0 Å². The highest BCUT2D eigenvalue weighted by molar-refractivity contribution is 6.05. The number of nitrogens with zero attached hydrogens (tertiary/aromatic N) is 2. The Kier molecular flexibility index (Phi) is 7.50. The summed E-state index contributed by atoms with van der Waals surface area (Å²) in [5.74, 6) is 0.975. The van der Waals surface area contributed by atoms with E-state index in [9.17, 15) is 9.90 Å². The predicted molar refractivity (Wildman–Crippen MR) is 123 cm³/mol. The molecule has 158 valence electrons. The second-order valence-electron chi connectivity index (χ2n) is 6.66. The largest absolute Gasteiger partial charge is 0.497 e. The zero-order valence-corrected chi connectivity index (χ0v) is 17.3. The molecule has 3 aromatic rings. The van der Waals surface area contributed by atoms with Gasteiger partial charge in [0.2, 0.25) is 0 Å². The summed E-state index contributed by atoms with van der Waals surface area (Å²) in [5, 5.41) is 24.5. The number of nitrogens with one attached hydrogen (secondary N) is 2. The number of carbonyl (C=O) groups excluding carboxylic acids is 1. The lowest BCUT2D eigenvalue weighted by atomic mass is 9.99. The molecule has 0 bridgehead atoms. The Morgan fingerprint density at radius 2 is 1.52 bits per heavy atom. The molecule has 31 heavy (non-hydrogen) atoms. The molecule has 3 aromatic carbocycles. The van der Waals surface area contributed by atoms with Crippen molar-refractivity contribution in [2.45, 2.75) is 13.0 Å². The summed E-state index contributed by atoms with van der Waals surface area (Å²) in [4.78, 5) is 12.2. The van der Waals surface area contributed by atoms with E-state index in [4.69, 9.17) is 4.74 Å². The van der Waals surface area contributed by atoms with E-state index in [0.717, 1.165) is 5.56 Å². The Morgan fingerprint density at radius 3 is 2.13 bits per heavy atom. The highest BCUT2D eigenvalue weighted by atomic mass is 16.5. The third-order valence-electron chi connectivity index (χ3n) is 4.39. The van der Waals surface area contributed by atoms with Crippen LogP contribution in [0.2, 0.25) is 0 Å². The van der Waals surface area contributed by atoms with E-state index in [1.807, 2.05) is 60.7 Å². The Bertz CT molecular complexity index is 1050. The molecule has 2 amide bonds. The van der Waals surface area contributed by atoms with Crippen LogP contribution in [0.1, 0.15) is 24.2 Å². The van der Waals surface area contributed by atoms with Crippen LogP contribution < -0.4 is 15.4 Å². The third-order valence-corrected chi connectivity index (χ3v) is 4.39. The van der Waals surface area contributed by atoms with Gasteiger partial charge >= 0.3 is 6.03 Å². The lowest BCUT2D eigenvalue weighted by molar-refractivity contribution is 0.247. The second-order valence-corrected chi connectivity index (χ2v) is 6.66. The minimum Gasteiger partial charge on any atom is -0.497 e. The second kappa shape index (κ2) is 10.7. The molecule has 7 nitrogen and oxygen atoms in total. The number of amides is 2. The normalized spacial score (nSPS) is 12.7. The maximum Gasteiger partial charge on any atom is 0.324 e. The molecule has 3 N–H and O–H groups in total. The number of hydrogen-bond acceptors (Lipinski definition) is 5. The molecule has 0 fully saturated rings. The van der Waals surface area contributed by atoms with E-state index in [0.29, 0.717) is 22.7 Å². The maximum atomic E-state index is 12.2. The number of anilines is 1. The van der Waals surface area contributed by atoms with Gasteiger partial charge in [-0.25, -0.2) is 4.79 Å². The van der Waals surface area contributed by atoms with Gasteiger partial charge in [0.25, 0.3) is 0 Å². The molecule has 0 radical (unpaired) electrons. The first-order valence-electron chi connectivity index (χ1n) is 9.69. The number of amidine groups is 1. The molecular weight excluding hydrogens is 392 g/mol. The highest BCUT2D eigenvalue weighted by Crippen LogP contribution is 2.19. The van der Waals surface area contributed by atoms with Crippen LogP contribution in [0.5, 0.6) is 5.75 Å². The standard InChI is InChI=1S/C24H24N4O3/c1-17(25-24(30)26-20-13-15-21(31-2)16-14-20)27-28-22(18-9-5-3-6-10-18)23(29)19-11-7-4-8-12-19/h3-16,23,29H,1-2H3,(H2,25,26,27,30)/b28-22+. The zero-order chi connectivity index (χ0) is 22.1. The van der Waals surface area contributed by atoms with Gasteiger partial charge in [0.1, 0.15) is 23.4 Å². The van der Waals surface area contributed by atoms with Gasteiger partial charge < -0.3 is 15.2 Å². The van der Waals surface area contributed by atoms with E-state index in [-0.39, 0.29) is 5.84 Å². The van der Waals surface area contributed by atoms with Crippen molar-refractivity contribution in [3.8, 4) is 5.75 Å². The average Bonchev–Trinajstić information content (AvgIpc) is 2.80. The number of aliphatic hydroxyl groups is 1. The van der Waals surface area contributed by atoms with Crippen LogP contribution in [0, 0.1) is 0 Å². The van der Waals surface area contributed by atoms with Crippen LogP contribution >= 0.6 is 0 Å². The molecule has 3 rings (SSSR count). The van der Waals surface area contributed by atoms with Crippen molar-refractivity contribution in [3.05, 3.63) is 96.1 Å². The summed E-state index contributed by atoms with van der Waals surface area (Å²) in [6, 6.07) is 25.0. The number of rotatable bonds is 6. The number of ether oxygens (including phenoxy) is 1. The van der Waals surface area contributed by atoms with E-state index < -0.39 is 12.1 Å². The Hall–Kier alpha value is -3.97. The average molecular weight is 416 g/mol. The van der Waals surface area contributed by atoms with Crippen molar-refractivity contribution < 1.29 is 14.6 Å². The van der Waals surface area contributed by atoms with Crippen LogP contribution in [0.15, 0.2) is 95.1 Å². The smallest absolute Gasteiger partial charge is 0.324 e. The molecule has 0 heterocycles. The fraction of sp³-hybridized carbons (Fsp3) is 0.125. The highest BCUT2D eigenvalue weighted by Gasteiger charge is 2.17. The lowest BCUT2D eigenvalue weighted by Gasteiger charge is -2.14. The number of methoxy groups -OCH3 is 1. The summed E-state index contributed by atoms with van der Waals surface area (Å²) >= 11 is 0. The monoisotopic (exact) mass is 416 g/mol. The van der Waals surface area contributed by atoms with Gasteiger partial charge in [-0.2, -0.15) is 5.10 Å². The first kappa shape index (κ1) is 21.7.